The van der Waals surface area contributed by atoms with Gasteiger partial charge in [0.2, 0.25) is 0 Å². The highest BCUT2D eigenvalue weighted by Gasteiger charge is 2.11. The van der Waals surface area contributed by atoms with E-state index in [2.05, 4.69) is 16.1 Å². The van der Waals surface area contributed by atoms with Crippen molar-refractivity contribution in [1.29, 1.82) is 0 Å². The van der Waals surface area contributed by atoms with Crippen molar-refractivity contribution in [2.45, 2.75) is 13.1 Å². The molecule has 0 bridgehead atoms. The highest BCUT2D eigenvalue weighted by Crippen LogP contribution is 2.11. The fourth-order valence-electron chi connectivity index (χ4n) is 2.35. The number of hydrogen-bond donors (Lipinski definition) is 0. The molecule has 3 aromatic heterocycles. The zero-order chi connectivity index (χ0) is 14.5. The molecular formula is C16H19N3O2. The van der Waals surface area contributed by atoms with E-state index in [0.717, 1.165) is 36.7 Å². The van der Waals surface area contributed by atoms with Gasteiger partial charge in [-0.2, -0.15) is 0 Å². The maximum Gasteiger partial charge on any atom is 0.137 e. The standard InChI is InChI=1S/C16H19N3O2/c1-20-10-8-18(13-15-5-4-9-21-15)11-14-12-19-7-3-2-6-16(19)17-14/h2-7,9,12H,8,10-11,13H2,1H3. The smallest absolute Gasteiger partial charge is 0.137 e. The second kappa shape index (κ2) is 6.56. The van der Waals surface area contributed by atoms with Gasteiger partial charge in [0.05, 0.1) is 25.1 Å². The molecular weight excluding hydrogens is 266 g/mol. The third-order valence-electron chi connectivity index (χ3n) is 3.37. The van der Waals surface area contributed by atoms with Gasteiger partial charge in [-0.25, -0.2) is 4.98 Å². The van der Waals surface area contributed by atoms with E-state index in [9.17, 15) is 0 Å². The summed E-state index contributed by atoms with van der Waals surface area (Å²) in [6.07, 6.45) is 5.78. The Bertz CT molecular complexity index is 643. The van der Waals surface area contributed by atoms with Gasteiger partial charge in [-0.05, 0) is 24.3 Å². The number of nitrogens with zero attached hydrogens (tertiary/aromatic N) is 3. The van der Waals surface area contributed by atoms with Gasteiger partial charge in [0.15, 0.2) is 0 Å². The molecule has 0 N–H and O–H groups in total. The molecule has 0 aliphatic heterocycles. The molecule has 0 unspecified atom stereocenters. The van der Waals surface area contributed by atoms with E-state index in [1.54, 1.807) is 13.4 Å². The average Bonchev–Trinajstić information content (AvgIpc) is 3.13. The molecule has 0 atom stereocenters. The van der Waals surface area contributed by atoms with Crippen LogP contribution in [-0.2, 0) is 17.8 Å². The third-order valence-corrected chi connectivity index (χ3v) is 3.37. The lowest BCUT2D eigenvalue weighted by molar-refractivity contribution is 0.134. The lowest BCUT2D eigenvalue weighted by Crippen LogP contribution is -2.26. The van der Waals surface area contributed by atoms with Gasteiger partial charge in [0, 0.05) is 32.6 Å². The first kappa shape index (κ1) is 13.9. The van der Waals surface area contributed by atoms with Gasteiger partial charge in [-0.15, -0.1) is 0 Å². The van der Waals surface area contributed by atoms with E-state index in [1.165, 1.54) is 0 Å². The molecule has 3 heterocycles. The van der Waals surface area contributed by atoms with Crippen LogP contribution < -0.4 is 0 Å². The van der Waals surface area contributed by atoms with E-state index >= 15 is 0 Å². The normalized spacial score (nSPS) is 11.5. The molecule has 3 rings (SSSR count). The Morgan fingerprint density at radius 3 is 2.95 bits per heavy atom. The first-order chi connectivity index (χ1) is 10.3. The molecule has 0 aromatic carbocycles. The fourth-order valence-corrected chi connectivity index (χ4v) is 2.35. The Labute approximate surface area is 123 Å². The maximum absolute atomic E-state index is 5.43. The fraction of sp³-hybridized carbons (Fsp3) is 0.312. The second-order valence-corrected chi connectivity index (χ2v) is 4.98. The van der Waals surface area contributed by atoms with Crippen LogP contribution in [0.1, 0.15) is 11.5 Å². The molecule has 0 radical (unpaired) electrons. The van der Waals surface area contributed by atoms with Gasteiger partial charge >= 0.3 is 0 Å². The Kier molecular flexibility index (Phi) is 4.33. The number of furan rings is 1. The molecule has 0 saturated heterocycles. The zero-order valence-electron chi connectivity index (χ0n) is 12.1. The SMILES string of the molecule is COCCN(Cc1cn2ccccc2n1)Cc1ccco1. The van der Waals surface area contributed by atoms with Crippen LogP contribution in [0, 0.1) is 0 Å². The Balaban J connectivity index is 1.73. The molecule has 0 aliphatic rings. The summed E-state index contributed by atoms with van der Waals surface area (Å²) >= 11 is 0. The van der Waals surface area contributed by atoms with Crippen LogP contribution in [-0.4, -0.2) is 34.5 Å². The third kappa shape index (κ3) is 3.51. The van der Waals surface area contributed by atoms with Crippen LogP contribution in [0.4, 0.5) is 0 Å². The highest BCUT2D eigenvalue weighted by molar-refractivity contribution is 5.39. The Morgan fingerprint density at radius 1 is 1.24 bits per heavy atom. The summed E-state index contributed by atoms with van der Waals surface area (Å²) < 4.78 is 12.7. The number of fused-ring (bicyclic) bond motifs is 1. The largest absolute Gasteiger partial charge is 0.468 e. The van der Waals surface area contributed by atoms with Crippen LogP contribution >= 0.6 is 0 Å². The van der Waals surface area contributed by atoms with Crippen molar-refractivity contribution in [2.24, 2.45) is 0 Å². The monoisotopic (exact) mass is 285 g/mol. The lowest BCUT2D eigenvalue weighted by atomic mass is 10.3. The average molecular weight is 285 g/mol. The molecule has 5 nitrogen and oxygen atoms in total. The van der Waals surface area contributed by atoms with E-state index in [4.69, 9.17) is 9.15 Å². The van der Waals surface area contributed by atoms with Crippen molar-refractivity contribution in [2.75, 3.05) is 20.3 Å². The van der Waals surface area contributed by atoms with Crippen LogP contribution in [0.2, 0.25) is 0 Å². The Morgan fingerprint density at radius 2 is 2.19 bits per heavy atom. The quantitative estimate of drug-likeness (QED) is 0.669. The van der Waals surface area contributed by atoms with Crippen LogP contribution in [0.5, 0.6) is 0 Å². The molecule has 0 saturated carbocycles. The van der Waals surface area contributed by atoms with Gasteiger partial charge in [0.1, 0.15) is 11.4 Å². The molecule has 5 heteroatoms. The summed E-state index contributed by atoms with van der Waals surface area (Å²) in [6.45, 7) is 3.05. The van der Waals surface area contributed by atoms with Gasteiger partial charge in [0.25, 0.3) is 0 Å². The number of rotatable bonds is 7. The summed E-state index contributed by atoms with van der Waals surface area (Å²) in [4.78, 5) is 6.91. The molecule has 21 heavy (non-hydrogen) atoms. The molecule has 0 aliphatic carbocycles. The minimum absolute atomic E-state index is 0.689. The number of ether oxygens (including phenoxy) is 1. The van der Waals surface area contributed by atoms with Crippen molar-refractivity contribution < 1.29 is 9.15 Å². The predicted molar refractivity (Wildman–Crippen MR) is 79.9 cm³/mol. The van der Waals surface area contributed by atoms with Gasteiger partial charge in [-0.3, -0.25) is 4.90 Å². The molecule has 110 valence electrons. The highest BCUT2D eigenvalue weighted by atomic mass is 16.5. The number of hydrogen-bond acceptors (Lipinski definition) is 4. The summed E-state index contributed by atoms with van der Waals surface area (Å²) in [6, 6.07) is 9.91. The van der Waals surface area contributed by atoms with Gasteiger partial charge < -0.3 is 13.6 Å². The first-order valence-corrected chi connectivity index (χ1v) is 7.01. The van der Waals surface area contributed by atoms with Crippen LogP contribution in [0.3, 0.4) is 0 Å². The zero-order valence-corrected chi connectivity index (χ0v) is 12.1. The second-order valence-electron chi connectivity index (χ2n) is 4.98. The van der Waals surface area contributed by atoms with Crippen molar-refractivity contribution in [3.8, 4) is 0 Å². The molecule has 0 amide bonds. The van der Waals surface area contributed by atoms with Crippen LogP contribution in [0.15, 0.2) is 53.4 Å². The first-order valence-electron chi connectivity index (χ1n) is 7.01. The van der Waals surface area contributed by atoms with E-state index in [1.807, 2.05) is 40.9 Å². The summed E-state index contributed by atoms with van der Waals surface area (Å²) in [7, 11) is 1.72. The van der Waals surface area contributed by atoms with Gasteiger partial charge in [-0.1, -0.05) is 6.07 Å². The number of imidazole rings is 1. The maximum atomic E-state index is 5.43. The van der Waals surface area contributed by atoms with Crippen LogP contribution in [0.25, 0.3) is 5.65 Å². The minimum atomic E-state index is 0.689. The number of pyridine rings is 1. The molecule has 0 spiro atoms. The molecule has 3 aromatic rings. The van der Waals surface area contributed by atoms with Crippen molar-refractivity contribution in [3.05, 3.63) is 60.4 Å². The van der Waals surface area contributed by atoms with Crippen molar-refractivity contribution >= 4 is 5.65 Å². The minimum Gasteiger partial charge on any atom is -0.468 e. The van der Waals surface area contributed by atoms with E-state index in [0.29, 0.717) is 6.61 Å². The molecule has 0 fully saturated rings. The number of methoxy groups -OCH3 is 1. The predicted octanol–water partition coefficient (Wildman–Crippen LogP) is 2.58. The van der Waals surface area contributed by atoms with Crippen molar-refractivity contribution in [3.63, 3.8) is 0 Å². The topological polar surface area (TPSA) is 42.9 Å². The van der Waals surface area contributed by atoms with E-state index < -0.39 is 0 Å². The summed E-state index contributed by atoms with van der Waals surface area (Å²) in [5.74, 6) is 0.954. The summed E-state index contributed by atoms with van der Waals surface area (Å²) in [5, 5.41) is 0. The Hall–Kier alpha value is -2.11. The number of aromatic nitrogens is 2. The van der Waals surface area contributed by atoms with Crippen molar-refractivity contribution in [1.82, 2.24) is 14.3 Å². The lowest BCUT2D eigenvalue weighted by Gasteiger charge is -2.19. The summed E-state index contributed by atoms with van der Waals surface area (Å²) in [5.41, 5.74) is 2.01. The van der Waals surface area contributed by atoms with E-state index in [-0.39, 0.29) is 0 Å².